The molecule has 0 aliphatic rings. The van der Waals surface area contributed by atoms with Gasteiger partial charge in [-0.3, -0.25) is 0 Å². The predicted octanol–water partition coefficient (Wildman–Crippen LogP) is 3.78. The zero-order valence-corrected chi connectivity index (χ0v) is 11.7. The molecule has 1 aromatic rings. The molecule has 1 aromatic carbocycles. The highest BCUT2D eigenvalue weighted by Gasteiger charge is 2.27. The van der Waals surface area contributed by atoms with Crippen LogP contribution in [0.4, 0.5) is 10.1 Å². The zero-order valence-electron chi connectivity index (χ0n) is 11.7. The maximum absolute atomic E-state index is 12.9. The lowest BCUT2D eigenvalue weighted by Crippen LogP contribution is -2.46. The van der Waals surface area contributed by atoms with Crippen molar-refractivity contribution >= 4 is 5.69 Å². The number of halogens is 1. The van der Waals surface area contributed by atoms with Crippen LogP contribution in [0, 0.1) is 11.7 Å². The lowest BCUT2D eigenvalue weighted by Gasteiger charge is -2.36. The topological polar surface area (TPSA) is 38.0 Å². The number of nitrogens with one attached hydrogen (secondary N) is 1. The van der Waals surface area contributed by atoms with Crippen molar-refractivity contribution in [3.05, 3.63) is 30.1 Å². The SMILES string of the molecule is CCC(C)CC(CC)(CN)Nc1ccc(F)cc1. The molecule has 0 saturated heterocycles. The van der Waals surface area contributed by atoms with Gasteiger partial charge >= 0.3 is 0 Å². The first-order valence-electron chi connectivity index (χ1n) is 6.79. The molecule has 0 bridgehead atoms. The summed E-state index contributed by atoms with van der Waals surface area (Å²) in [6.45, 7) is 7.17. The Labute approximate surface area is 110 Å². The first kappa shape index (κ1) is 15.0. The van der Waals surface area contributed by atoms with Crippen LogP contribution in [0.1, 0.15) is 40.0 Å². The Morgan fingerprint density at radius 2 is 1.89 bits per heavy atom. The van der Waals surface area contributed by atoms with Gasteiger partial charge in [-0.1, -0.05) is 27.2 Å². The van der Waals surface area contributed by atoms with E-state index in [2.05, 4.69) is 26.1 Å². The summed E-state index contributed by atoms with van der Waals surface area (Å²) in [6, 6.07) is 6.49. The average Bonchev–Trinajstić information content (AvgIpc) is 2.40. The van der Waals surface area contributed by atoms with E-state index in [1.807, 2.05) is 0 Å². The van der Waals surface area contributed by atoms with Crippen molar-refractivity contribution in [1.82, 2.24) is 0 Å². The fraction of sp³-hybridized carbons (Fsp3) is 0.600. The number of rotatable bonds is 7. The Hall–Kier alpha value is -1.09. The van der Waals surface area contributed by atoms with Gasteiger partial charge in [0.1, 0.15) is 5.82 Å². The van der Waals surface area contributed by atoms with E-state index in [9.17, 15) is 4.39 Å². The lowest BCUT2D eigenvalue weighted by molar-refractivity contribution is 0.346. The first-order valence-corrected chi connectivity index (χ1v) is 6.79. The van der Waals surface area contributed by atoms with E-state index in [-0.39, 0.29) is 11.4 Å². The summed E-state index contributed by atoms with van der Waals surface area (Å²) in [6.07, 6.45) is 3.14. The Morgan fingerprint density at radius 1 is 1.28 bits per heavy atom. The molecule has 2 nitrogen and oxygen atoms in total. The van der Waals surface area contributed by atoms with E-state index in [4.69, 9.17) is 5.73 Å². The molecule has 3 heteroatoms. The zero-order chi connectivity index (χ0) is 13.6. The minimum atomic E-state index is -0.211. The van der Waals surface area contributed by atoms with Gasteiger partial charge in [0.05, 0.1) is 0 Å². The van der Waals surface area contributed by atoms with Gasteiger partial charge in [-0.05, 0) is 43.0 Å². The molecule has 0 amide bonds. The molecule has 18 heavy (non-hydrogen) atoms. The monoisotopic (exact) mass is 252 g/mol. The first-order chi connectivity index (χ1) is 8.55. The van der Waals surface area contributed by atoms with Gasteiger partial charge in [-0.25, -0.2) is 4.39 Å². The molecular formula is C15H25FN2. The Morgan fingerprint density at radius 3 is 2.33 bits per heavy atom. The predicted molar refractivity (Wildman–Crippen MR) is 76.2 cm³/mol. The molecule has 0 saturated carbocycles. The van der Waals surface area contributed by atoms with Crippen molar-refractivity contribution in [3.8, 4) is 0 Å². The van der Waals surface area contributed by atoms with Crippen LogP contribution in [0.5, 0.6) is 0 Å². The Kier molecular flexibility index (Phi) is 5.60. The molecule has 0 radical (unpaired) electrons. The second-order valence-electron chi connectivity index (χ2n) is 5.19. The molecule has 3 N–H and O–H groups in total. The van der Waals surface area contributed by atoms with Crippen molar-refractivity contribution in [3.63, 3.8) is 0 Å². The third-order valence-corrected chi connectivity index (χ3v) is 3.76. The van der Waals surface area contributed by atoms with Crippen LogP contribution in [0.2, 0.25) is 0 Å². The van der Waals surface area contributed by atoms with Gasteiger partial charge in [0.15, 0.2) is 0 Å². The quantitative estimate of drug-likeness (QED) is 0.775. The van der Waals surface area contributed by atoms with Crippen LogP contribution in [0.25, 0.3) is 0 Å². The standard InChI is InChI=1S/C15H25FN2/c1-4-12(3)10-15(5-2,11-17)18-14-8-6-13(16)7-9-14/h6-9,12,18H,4-5,10-11,17H2,1-3H3. The van der Waals surface area contributed by atoms with Crippen LogP contribution < -0.4 is 11.1 Å². The smallest absolute Gasteiger partial charge is 0.123 e. The second-order valence-corrected chi connectivity index (χ2v) is 5.19. The van der Waals surface area contributed by atoms with Crippen LogP contribution in [0.3, 0.4) is 0 Å². The number of hydrogen-bond donors (Lipinski definition) is 2. The van der Waals surface area contributed by atoms with Crippen LogP contribution in [-0.2, 0) is 0 Å². The maximum atomic E-state index is 12.9. The molecule has 0 aromatic heterocycles. The third-order valence-electron chi connectivity index (χ3n) is 3.76. The van der Waals surface area contributed by atoms with E-state index in [1.54, 1.807) is 12.1 Å². The highest BCUT2D eigenvalue weighted by Crippen LogP contribution is 2.26. The molecule has 1 rings (SSSR count). The summed E-state index contributed by atoms with van der Waals surface area (Å²) < 4.78 is 12.9. The molecule has 0 heterocycles. The molecular weight excluding hydrogens is 227 g/mol. The summed E-state index contributed by atoms with van der Waals surface area (Å²) >= 11 is 0. The molecule has 0 spiro atoms. The van der Waals surface area contributed by atoms with E-state index in [0.717, 1.165) is 24.9 Å². The number of anilines is 1. The maximum Gasteiger partial charge on any atom is 0.123 e. The number of benzene rings is 1. The van der Waals surface area contributed by atoms with Gasteiger partial charge < -0.3 is 11.1 Å². The van der Waals surface area contributed by atoms with Crippen molar-refractivity contribution in [2.45, 2.75) is 45.6 Å². The minimum absolute atomic E-state index is 0.0900. The van der Waals surface area contributed by atoms with E-state index < -0.39 is 0 Å². The highest BCUT2D eigenvalue weighted by molar-refractivity contribution is 5.45. The van der Waals surface area contributed by atoms with Crippen LogP contribution in [-0.4, -0.2) is 12.1 Å². The van der Waals surface area contributed by atoms with Gasteiger partial charge in [0.25, 0.3) is 0 Å². The summed E-state index contributed by atoms with van der Waals surface area (Å²) in [4.78, 5) is 0. The molecule has 2 unspecified atom stereocenters. The van der Waals surface area contributed by atoms with E-state index >= 15 is 0 Å². The van der Waals surface area contributed by atoms with Gasteiger partial charge in [0, 0.05) is 17.8 Å². The molecule has 0 fully saturated rings. The molecule has 2 atom stereocenters. The summed E-state index contributed by atoms with van der Waals surface area (Å²) in [5.41, 5.74) is 6.81. The van der Waals surface area contributed by atoms with Crippen molar-refractivity contribution in [2.75, 3.05) is 11.9 Å². The Bertz CT molecular complexity index is 344. The molecule has 0 aliphatic carbocycles. The number of hydrogen-bond acceptors (Lipinski definition) is 2. The van der Waals surface area contributed by atoms with Crippen LogP contribution in [0.15, 0.2) is 24.3 Å². The van der Waals surface area contributed by atoms with Gasteiger partial charge in [0.2, 0.25) is 0 Å². The minimum Gasteiger partial charge on any atom is -0.378 e. The highest BCUT2D eigenvalue weighted by atomic mass is 19.1. The van der Waals surface area contributed by atoms with Crippen molar-refractivity contribution in [1.29, 1.82) is 0 Å². The van der Waals surface area contributed by atoms with E-state index in [0.29, 0.717) is 12.5 Å². The normalized spacial score (nSPS) is 16.1. The van der Waals surface area contributed by atoms with Crippen molar-refractivity contribution < 1.29 is 4.39 Å². The third kappa shape index (κ3) is 3.98. The second kappa shape index (κ2) is 6.74. The molecule has 0 aliphatic heterocycles. The van der Waals surface area contributed by atoms with E-state index in [1.165, 1.54) is 12.1 Å². The summed E-state index contributed by atoms with van der Waals surface area (Å²) in [5, 5.41) is 3.49. The number of nitrogens with two attached hydrogens (primary N) is 1. The summed E-state index contributed by atoms with van der Waals surface area (Å²) in [5.74, 6) is 0.416. The van der Waals surface area contributed by atoms with Crippen molar-refractivity contribution in [2.24, 2.45) is 11.7 Å². The Balaban J connectivity index is 2.81. The van der Waals surface area contributed by atoms with Crippen LogP contribution >= 0.6 is 0 Å². The average molecular weight is 252 g/mol. The van der Waals surface area contributed by atoms with Gasteiger partial charge in [-0.15, -0.1) is 0 Å². The lowest BCUT2D eigenvalue weighted by atomic mass is 9.84. The summed E-state index contributed by atoms with van der Waals surface area (Å²) in [7, 11) is 0. The van der Waals surface area contributed by atoms with Gasteiger partial charge in [-0.2, -0.15) is 0 Å². The fourth-order valence-electron chi connectivity index (χ4n) is 2.21. The fourth-order valence-corrected chi connectivity index (χ4v) is 2.21. The molecule has 102 valence electrons. The largest absolute Gasteiger partial charge is 0.378 e.